The van der Waals surface area contributed by atoms with E-state index in [1.807, 2.05) is 6.92 Å². The lowest BCUT2D eigenvalue weighted by molar-refractivity contribution is -0.112. The summed E-state index contributed by atoms with van der Waals surface area (Å²) in [5.74, 6) is -1.42. The lowest BCUT2D eigenvalue weighted by Crippen LogP contribution is -2.14. The van der Waals surface area contributed by atoms with Crippen molar-refractivity contribution in [3.8, 4) is 11.8 Å². The number of aryl methyl sites for hydroxylation is 1. The largest absolute Gasteiger partial charge is 0.379 e. The lowest BCUT2D eigenvalue weighted by atomic mass is 10.1. The van der Waals surface area contributed by atoms with Gasteiger partial charge in [-0.1, -0.05) is 42.0 Å². The SMILES string of the molecule is Cc1ccc(S(=O)(=O)Oc2cccc(/C=C(/C#N)C(=O)Nc3ccccc3F)c2)cc1. The Morgan fingerprint density at radius 2 is 1.77 bits per heavy atom. The molecule has 0 aliphatic heterocycles. The Kier molecular flexibility index (Phi) is 6.48. The zero-order chi connectivity index (χ0) is 22.4. The number of hydrogen-bond donors (Lipinski definition) is 1. The number of nitriles is 1. The number of carbonyl (C=O) groups excluding carboxylic acids is 1. The first-order valence-corrected chi connectivity index (χ1v) is 10.5. The third kappa shape index (κ3) is 5.56. The molecule has 0 aliphatic rings. The summed E-state index contributed by atoms with van der Waals surface area (Å²) < 4.78 is 43.8. The van der Waals surface area contributed by atoms with Crippen molar-refractivity contribution in [2.24, 2.45) is 0 Å². The molecule has 0 spiro atoms. The molecule has 31 heavy (non-hydrogen) atoms. The van der Waals surface area contributed by atoms with Gasteiger partial charge in [0.25, 0.3) is 5.91 Å². The molecule has 3 aromatic carbocycles. The second kappa shape index (κ2) is 9.24. The van der Waals surface area contributed by atoms with E-state index in [1.165, 1.54) is 54.6 Å². The fourth-order valence-electron chi connectivity index (χ4n) is 2.60. The van der Waals surface area contributed by atoms with Crippen molar-refractivity contribution < 1.29 is 21.8 Å². The van der Waals surface area contributed by atoms with Crippen molar-refractivity contribution in [2.75, 3.05) is 5.32 Å². The van der Waals surface area contributed by atoms with Gasteiger partial charge in [-0.2, -0.15) is 13.7 Å². The molecule has 0 atom stereocenters. The highest BCUT2D eigenvalue weighted by Crippen LogP contribution is 2.22. The first kappa shape index (κ1) is 21.7. The smallest absolute Gasteiger partial charge is 0.339 e. The summed E-state index contributed by atoms with van der Waals surface area (Å²) in [5.41, 5.74) is 0.914. The number of anilines is 1. The number of nitrogens with one attached hydrogen (secondary N) is 1. The Morgan fingerprint density at radius 1 is 1.06 bits per heavy atom. The lowest BCUT2D eigenvalue weighted by Gasteiger charge is -2.08. The Balaban J connectivity index is 1.82. The third-order valence-corrected chi connectivity index (χ3v) is 5.43. The summed E-state index contributed by atoms with van der Waals surface area (Å²) in [5, 5.41) is 11.7. The number of hydrogen-bond acceptors (Lipinski definition) is 5. The predicted octanol–water partition coefficient (Wildman–Crippen LogP) is 4.45. The molecule has 0 radical (unpaired) electrons. The van der Waals surface area contributed by atoms with Gasteiger partial charge in [0.1, 0.15) is 28.1 Å². The molecule has 3 rings (SSSR count). The van der Waals surface area contributed by atoms with Crippen molar-refractivity contribution in [3.05, 3.63) is 95.3 Å². The van der Waals surface area contributed by atoms with E-state index in [-0.39, 0.29) is 21.9 Å². The van der Waals surface area contributed by atoms with E-state index in [2.05, 4.69) is 5.32 Å². The highest BCUT2D eigenvalue weighted by Gasteiger charge is 2.17. The Hall–Kier alpha value is -3.96. The van der Waals surface area contributed by atoms with E-state index >= 15 is 0 Å². The summed E-state index contributed by atoms with van der Waals surface area (Å²) in [7, 11) is -4.05. The molecule has 0 bridgehead atoms. The number of para-hydroxylation sites is 1. The van der Waals surface area contributed by atoms with E-state index < -0.39 is 21.8 Å². The van der Waals surface area contributed by atoms with Gasteiger partial charge in [0.05, 0.1) is 5.69 Å². The molecule has 0 saturated carbocycles. The van der Waals surface area contributed by atoms with E-state index in [0.717, 1.165) is 5.56 Å². The Bertz CT molecular complexity index is 1290. The molecule has 1 N–H and O–H groups in total. The van der Waals surface area contributed by atoms with Gasteiger partial charge in [-0.3, -0.25) is 4.79 Å². The summed E-state index contributed by atoms with van der Waals surface area (Å²) in [6.45, 7) is 1.84. The van der Waals surface area contributed by atoms with Crippen LogP contribution in [0.4, 0.5) is 10.1 Å². The van der Waals surface area contributed by atoms with E-state index in [4.69, 9.17) is 4.18 Å². The van der Waals surface area contributed by atoms with E-state index in [1.54, 1.807) is 30.3 Å². The Morgan fingerprint density at radius 3 is 2.45 bits per heavy atom. The average molecular weight is 436 g/mol. The average Bonchev–Trinajstić information content (AvgIpc) is 2.74. The van der Waals surface area contributed by atoms with Crippen LogP contribution in [0.2, 0.25) is 0 Å². The van der Waals surface area contributed by atoms with Gasteiger partial charge in [-0.25, -0.2) is 4.39 Å². The first-order valence-electron chi connectivity index (χ1n) is 9.07. The topological polar surface area (TPSA) is 96.3 Å². The maximum Gasteiger partial charge on any atom is 0.339 e. The number of nitrogens with zero attached hydrogens (tertiary/aromatic N) is 1. The quantitative estimate of drug-likeness (QED) is 0.350. The van der Waals surface area contributed by atoms with Crippen LogP contribution in [0, 0.1) is 24.1 Å². The minimum Gasteiger partial charge on any atom is -0.379 e. The maximum atomic E-state index is 13.7. The highest BCUT2D eigenvalue weighted by atomic mass is 32.2. The molecule has 6 nitrogen and oxygen atoms in total. The van der Waals surface area contributed by atoms with Crippen LogP contribution in [-0.2, 0) is 14.9 Å². The number of rotatable bonds is 6. The van der Waals surface area contributed by atoms with Crippen LogP contribution >= 0.6 is 0 Å². The fraction of sp³-hybridized carbons (Fsp3) is 0.0435. The molecule has 1 amide bonds. The van der Waals surface area contributed by atoms with Gasteiger partial charge in [-0.15, -0.1) is 0 Å². The molecule has 0 unspecified atom stereocenters. The minimum absolute atomic E-state index is 0.000949. The van der Waals surface area contributed by atoms with Crippen LogP contribution in [0.25, 0.3) is 6.08 Å². The predicted molar refractivity (Wildman–Crippen MR) is 114 cm³/mol. The zero-order valence-corrected chi connectivity index (χ0v) is 17.2. The van der Waals surface area contributed by atoms with Crippen LogP contribution in [-0.4, -0.2) is 14.3 Å². The molecular weight excluding hydrogens is 419 g/mol. The van der Waals surface area contributed by atoms with Crippen molar-refractivity contribution in [3.63, 3.8) is 0 Å². The van der Waals surface area contributed by atoms with Crippen molar-refractivity contribution >= 4 is 27.8 Å². The normalized spacial score (nSPS) is 11.5. The summed E-state index contributed by atoms with van der Waals surface area (Å²) in [6, 6.07) is 19.4. The summed E-state index contributed by atoms with van der Waals surface area (Å²) >= 11 is 0. The number of carbonyl (C=O) groups is 1. The van der Waals surface area contributed by atoms with Crippen LogP contribution in [0.1, 0.15) is 11.1 Å². The zero-order valence-electron chi connectivity index (χ0n) is 16.4. The first-order chi connectivity index (χ1) is 14.8. The van der Waals surface area contributed by atoms with Crippen LogP contribution in [0.5, 0.6) is 5.75 Å². The van der Waals surface area contributed by atoms with Gasteiger partial charge < -0.3 is 9.50 Å². The van der Waals surface area contributed by atoms with Crippen LogP contribution in [0.3, 0.4) is 0 Å². The van der Waals surface area contributed by atoms with Crippen molar-refractivity contribution in [1.82, 2.24) is 0 Å². The van der Waals surface area contributed by atoms with Gasteiger partial charge in [0.15, 0.2) is 0 Å². The number of amides is 1. The van der Waals surface area contributed by atoms with Gasteiger partial charge in [0, 0.05) is 0 Å². The maximum absolute atomic E-state index is 13.7. The van der Waals surface area contributed by atoms with E-state index in [9.17, 15) is 22.9 Å². The molecule has 0 saturated heterocycles. The molecule has 0 heterocycles. The molecule has 8 heteroatoms. The molecule has 0 fully saturated rings. The van der Waals surface area contributed by atoms with Crippen molar-refractivity contribution in [1.29, 1.82) is 5.26 Å². The van der Waals surface area contributed by atoms with Crippen LogP contribution < -0.4 is 9.50 Å². The van der Waals surface area contributed by atoms with Crippen molar-refractivity contribution in [2.45, 2.75) is 11.8 Å². The molecule has 156 valence electrons. The second-order valence-corrected chi connectivity index (χ2v) is 8.07. The molecular formula is C23H17FN2O4S. The fourth-order valence-corrected chi connectivity index (χ4v) is 3.53. The second-order valence-electron chi connectivity index (χ2n) is 6.53. The standard InChI is InChI=1S/C23H17FN2O4S/c1-16-9-11-20(12-10-16)31(28,29)30-19-6-4-5-17(14-19)13-18(15-25)23(27)26-22-8-3-2-7-21(22)24/h2-14H,1H3,(H,26,27)/b18-13-. The molecule has 0 aromatic heterocycles. The minimum atomic E-state index is -4.05. The monoisotopic (exact) mass is 436 g/mol. The highest BCUT2D eigenvalue weighted by molar-refractivity contribution is 7.87. The number of benzene rings is 3. The third-order valence-electron chi connectivity index (χ3n) is 4.17. The van der Waals surface area contributed by atoms with Gasteiger partial charge >= 0.3 is 10.1 Å². The van der Waals surface area contributed by atoms with E-state index in [0.29, 0.717) is 5.56 Å². The van der Waals surface area contributed by atoms with Gasteiger partial charge in [-0.05, 0) is 55.0 Å². The van der Waals surface area contributed by atoms with Crippen LogP contribution in [0.15, 0.2) is 83.3 Å². The van der Waals surface area contributed by atoms with Gasteiger partial charge in [0.2, 0.25) is 0 Å². The molecule has 3 aromatic rings. The summed E-state index contributed by atoms with van der Waals surface area (Å²) in [6.07, 6.45) is 1.25. The Labute approximate surface area is 179 Å². The number of halogens is 1. The summed E-state index contributed by atoms with van der Waals surface area (Å²) in [4.78, 5) is 12.3. The molecule has 0 aliphatic carbocycles.